The van der Waals surface area contributed by atoms with E-state index in [4.69, 9.17) is 4.74 Å². The van der Waals surface area contributed by atoms with Crippen LogP contribution in [-0.4, -0.2) is 37.5 Å². The van der Waals surface area contributed by atoms with Crippen LogP contribution in [0.4, 0.5) is 18.9 Å². The van der Waals surface area contributed by atoms with Crippen LogP contribution < -0.4 is 10.2 Å². The number of hydrogen-bond acceptors (Lipinski definition) is 7. The van der Waals surface area contributed by atoms with Crippen LogP contribution >= 0.6 is 23.1 Å². The lowest BCUT2D eigenvalue weighted by atomic mass is 10.1. The van der Waals surface area contributed by atoms with Gasteiger partial charge in [0.15, 0.2) is 0 Å². The van der Waals surface area contributed by atoms with E-state index in [1.807, 2.05) is 43.3 Å². The van der Waals surface area contributed by atoms with E-state index in [1.54, 1.807) is 23.6 Å². The summed E-state index contributed by atoms with van der Waals surface area (Å²) in [6, 6.07) is 14.1. The molecule has 0 saturated carbocycles. The van der Waals surface area contributed by atoms with Crippen LogP contribution in [0.5, 0.6) is 0 Å². The molecular formula is C23H21F3N4OS2. The van der Waals surface area contributed by atoms with Gasteiger partial charge in [0.25, 0.3) is 0 Å². The van der Waals surface area contributed by atoms with Gasteiger partial charge >= 0.3 is 6.18 Å². The molecule has 33 heavy (non-hydrogen) atoms. The maximum Gasteiger partial charge on any atom is 0.417 e. The number of anilines is 1. The Morgan fingerprint density at radius 3 is 2.64 bits per heavy atom. The molecule has 3 aromatic rings. The average Bonchev–Trinajstić information content (AvgIpc) is 3.49. The number of thiophene rings is 1. The first-order valence-corrected chi connectivity index (χ1v) is 12.0. The summed E-state index contributed by atoms with van der Waals surface area (Å²) in [5.74, 6) is 0.367. The normalized spacial score (nSPS) is 18.3. The number of alkyl halides is 3. The fourth-order valence-electron chi connectivity index (χ4n) is 3.45. The molecule has 10 heteroatoms. The molecule has 0 radical (unpaired) electrons. The van der Waals surface area contributed by atoms with Gasteiger partial charge < -0.3 is 9.64 Å². The molecule has 5 nitrogen and oxygen atoms in total. The van der Waals surface area contributed by atoms with Crippen LogP contribution in [0.25, 0.3) is 10.6 Å². The Balaban J connectivity index is 1.51. The van der Waals surface area contributed by atoms with Gasteiger partial charge in [-0.2, -0.15) is 18.4 Å². The summed E-state index contributed by atoms with van der Waals surface area (Å²) in [5, 5.41) is 14.6. The smallest absolute Gasteiger partial charge is 0.378 e. The quantitative estimate of drug-likeness (QED) is 0.458. The van der Waals surface area contributed by atoms with E-state index in [-0.39, 0.29) is 23.1 Å². The highest BCUT2D eigenvalue weighted by Crippen LogP contribution is 2.39. The average molecular weight is 491 g/mol. The van der Waals surface area contributed by atoms with Crippen LogP contribution in [0.15, 0.2) is 52.9 Å². The van der Waals surface area contributed by atoms with E-state index in [2.05, 4.69) is 10.3 Å². The summed E-state index contributed by atoms with van der Waals surface area (Å²) in [5.41, 5.74) is 0.848. The van der Waals surface area contributed by atoms with E-state index in [0.29, 0.717) is 17.2 Å². The summed E-state index contributed by atoms with van der Waals surface area (Å²) in [4.78, 5) is 7.02. The van der Waals surface area contributed by atoms with Crippen molar-refractivity contribution in [2.24, 2.45) is 0 Å². The van der Waals surface area contributed by atoms with Crippen LogP contribution in [0.3, 0.4) is 0 Å². The summed E-state index contributed by atoms with van der Waals surface area (Å²) >= 11 is 2.42. The number of hydrogen-bond donors (Lipinski definition) is 1. The van der Waals surface area contributed by atoms with E-state index in [9.17, 15) is 18.4 Å². The number of benzene rings is 1. The molecule has 1 aliphatic rings. The van der Waals surface area contributed by atoms with Crippen LogP contribution in [0.2, 0.25) is 0 Å². The second kappa shape index (κ2) is 9.73. The first-order valence-electron chi connectivity index (χ1n) is 10.1. The minimum atomic E-state index is -4.65. The molecular weight excluding hydrogens is 469 g/mol. The molecule has 0 unspecified atom stereocenters. The van der Waals surface area contributed by atoms with Crippen molar-refractivity contribution in [3.05, 3.63) is 64.5 Å². The lowest BCUT2D eigenvalue weighted by Gasteiger charge is -2.16. The number of rotatable bonds is 6. The van der Waals surface area contributed by atoms with Gasteiger partial charge in [-0.25, -0.2) is 4.98 Å². The Bertz CT molecular complexity index is 1140. The first kappa shape index (κ1) is 23.6. The lowest BCUT2D eigenvalue weighted by molar-refractivity contribution is -0.138. The third-order valence-corrected chi connectivity index (χ3v) is 7.15. The molecule has 2 aromatic heterocycles. The number of halogens is 3. The largest absolute Gasteiger partial charge is 0.417 e. The number of nitrogens with one attached hydrogen (secondary N) is 1. The number of nitriles is 1. The number of nitrogens with zero attached hydrogens (tertiary/aromatic N) is 3. The standard InChI is InChI=1S/C23H21F3N4OS2/c1-30(2)15-7-5-14(6-8-15)21-28-12-16(31-21)13-33-22-17(11-27)18(23(24,25)26)10-19(29-22)20-4-3-9-32-20/h3-10,16,21,28H,12-13H2,1-2H3/t16-,21-/m0/s1. The van der Waals surface area contributed by atoms with Gasteiger partial charge in [0.05, 0.1) is 27.8 Å². The molecule has 172 valence electrons. The fraction of sp³-hybridized carbons (Fsp3) is 0.304. The highest BCUT2D eigenvalue weighted by molar-refractivity contribution is 7.99. The highest BCUT2D eigenvalue weighted by Gasteiger charge is 2.36. The zero-order valence-electron chi connectivity index (χ0n) is 17.9. The van der Waals surface area contributed by atoms with Gasteiger partial charge in [0.2, 0.25) is 0 Å². The van der Waals surface area contributed by atoms with Crippen molar-refractivity contribution in [2.75, 3.05) is 31.3 Å². The van der Waals surface area contributed by atoms with Crippen LogP contribution in [0, 0.1) is 11.3 Å². The Hall–Kier alpha value is -2.58. The van der Waals surface area contributed by atoms with Gasteiger partial charge in [0, 0.05) is 32.1 Å². The molecule has 2 atom stereocenters. The van der Waals surface area contributed by atoms with Crippen molar-refractivity contribution in [3.8, 4) is 16.6 Å². The van der Waals surface area contributed by atoms with Crippen LogP contribution in [-0.2, 0) is 10.9 Å². The third-order valence-electron chi connectivity index (χ3n) is 5.15. The number of pyridine rings is 1. The summed E-state index contributed by atoms with van der Waals surface area (Å²) in [7, 11) is 3.93. The molecule has 3 heterocycles. The summed E-state index contributed by atoms with van der Waals surface area (Å²) in [6.45, 7) is 0.547. The van der Waals surface area contributed by atoms with Gasteiger partial charge in [-0.1, -0.05) is 18.2 Å². The van der Waals surface area contributed by atoms with Gasteiger partial charge in [-0.3, -0.25) is 5.32 Å². The van der Waals surface area contributed by atoms with Crippen LogP contribution in [0.1, 0.15) is 22.9 Å². The molecule has 1 aromatic carbocycles. The molecule has 0 spiro atoms. The molecule has 0 amide bonds. The topological polar surface area (TPSA) is 61.2 Å². The first-order chi connectivity index (χ1) is 15.8. The van der Waals surface area contributed by atoms with Crippen molar-refractivity contribution < 1.29 is 17.9 Å². The molecule has 1 N–H and O–H groups in total. The summed E-state index contributed by atoms with van der Waals surface area (Å²) in [6.07, 6.45) is -5.18. The van der Waals surface area contributed by atoms with E-state index in [1.165, 1.54) is 11.3 Å². The second-order valence-corrected chi connectivity index (χ2v) is 9.62. The Morgan fingerprint density at radius 2 is 2.03 bits per heavy atom. The number of ether oxygens (including phenoxy) is 1. The molecule has 0 bridgehead atoms. The molecule has 1 aliphatic heterocycles. The molecule has 1 saturated heterocycles. The third kappa shape index (κ3) is 5.33. The van der Waals surface area contributed by atoms with E-state index < -0.39 is 17.3 Å². The van der Waals surface area contributed by atoms with Crippen molar-refractivity contribution >= 4 is 28.8 Å². The van der Waals surface area contributed by atoms with Crippen molar-refractivity contribution in [2.45, 2.75) is 23.5 Å². The number of aromatic nitrogens is 1. The molecule has 4 rings (SSSR count). The van der Waals surface area contributed by atoms with E-state index in [0.717, 1.165) is 29.1 Å². The Labute approximate surface area is 198 Å². The predicted octanol–water partition coefficient (Wildman–Crippen LogP) is 5.55. The minimum absolute atomic E-state index is 0.0677. The maximum absolute atomic E-state index is 13.7. The SMILES string of the molecule is CN(C)c1ccc([C@H]2NC[C@@H](CSc3nc(-c4cccs4)cc(C(F)(F)F)c3C#N)O2)cc1. The Kier molecular flexibility index (Phi) is 6.95. The molecule has 0 aliphatic carbocycles. The molecule has 1 fully saturated rings. The monoisotopic (exact) mass is 490 g/mol. The fourth-order valence-corrected chi connectivity index (χ4v) is 5.14. The van der Waals surface area contributed by atoms with E-state index >= 15 is 0 Å². The zero-order valence-corrected chi connectivity index (χ0v) is 19.5. The highest BCUT2D eigenvalue weighted by atomic mass is 32.2. The van der Waals surface area contributed by atoms with Gasteiger partial charge in [-0.15, -0.1) is 23.1 Å². The maximum atomic E-state index is 13.7. The zero-order chi connectivity index (χ0) is 23.6. The summed E-state index contributed by atoms with van der Waals surface area (Å²) < 4.78 is 47.1. The lowest BCUT2D eigenvalue weighted by Crippen LogP contribution is -2.17. The Morgan fingerprint density at radius 1 is 1.27 bits per heavy atom. The van der Waals surface area contributed by atoms with Gasteiger partial charge in [0.1, 0.15) is 17.3 Å². The van der Waals surface area contributed by atoms with Crippen molar-refractivity contribution in [1.29, 1.82) is 5.26 Å². The second-order valence-electron chi connectivity index (χ2n) is 7.67. The predicted molar refractivity (Wildman–Crippen MR) is 124 cm³/mol. The van der Waals surface area contributed by atoms with Gasteiger partial charge in [-0.05, 0) is 35.2 Å². The van der Waals surface area contributed by atoms with Crippen molar-refractivity contribution in [3.63, 3.8) is 0 Å². The minimum Gasteiger partial charge on any atom is -0.378 e. The van der Waals surface area contributed by atoms with Crippen molar-refractivity contribution in [1.82, 2.24) is 10.3 Å². The number of thioether (sulfide) groups is 1.